The first-order valence-electron chi connectivity index (χ1n) is 6.91. The molecular weight excluding hydrogens is 277 g/mol. The molecule has 2 rings (SSSR count). The quantitative estimate of drug-likeness (QED) is 0.617. The van der Waals surface area contributed by atoms with Gasteiger partial charge in [0.25, 0.3) is 0 Å². The number of ether oxygens (including phenoxy) is 1. The van der Waals surface area contributed by atoms with Gasteiger partial charge in [-0.05, 0) is 31.5 Å². The normalized spacial score (nSPS) is 19.8. The molecule has 1 aromatic carbocycles. The van der Waals surface area contributed by atoms with E-state index in [0.29, 0.717) is 4.90 Å². The predicted molar refractivity (Wildman–Crippen MR) is 78.4 cm³/mol. The second-order valence-corrected chi connectivity index (χ2v) is 5.99. The van der Waals surface area contributed by atoms with Crippen LogP contribution in [0.15, 0.2) is 29.2 Å². The van der Waals surface area contributed by atoms with Crippen molar-refractivity contribution in [3.8, 4) is 0 Å². The number of hydrogen-bond acceptors (Lipinski definition) is 4. The second-order valence-electron chi connectivity index (χ2n) is 4.85. The van der Waals surface area contributed by atoms with Crippen LogP contribution in [0.1, 0.15) is 19.3 Å². The first-order valence-corrected chi connectivity index (χ1v) is 7.90. The summed E-state index contributed by atoms with van der Waals surface area (Å²) >= 11 is 1.49. The number of benzene rings is 1. The summed E-state index contributed by atoms with van der Waals surface area (Å²) in [6.07, 6.45) is 3.03. The molecule has 1 fully saturated rings. The van der Waals surface area contributed by atoms with Crippen molar-refractivity contribution in [2.45, 2.75) is 30.2 Å². The Morgan fingerprint density at radius 1 is 1.45 bits per heavy atom. The molecule has 0 bridgehead atoms. The molecule has 20 heavy (non-hydrogen) atoms. The summed E-state index contributed by atoms with van der Waals surface area (Å²) in [4.78, 5) is 14.6. The summed E-state index contributed by atoms with van der Waals surface area (Å²) in [7, 11) is 1.43. The van der Waals surface area contributed by atoms with Crippen molar-refractivity contribution in [3.63, 3.8) is 0 Å². The number of rotatable bonds is 5. The molecule has 110 valence electrons. The van der Waals surface area contributed by atoms with Crippen molar-refractivity contribution in [1.29, 1.82) is 0 Å². The highest BCUT2D eigenvalue weighted by molar-refractivity contribution is 7.99. The number of halogens is 1. The lowest BCUT2D eigenvalue weighted by Crippen LogP contribution is -2.46. The fraction of sp³-hybridized carbons (Fsp3) is 0.533. The number of thioether (sulfide) groups is 1. The van der Waals surface area contributed by atoms with Gasteiger partial charge in [0.05, 0.1) is 7.11 Å². The average Bonchev–Trinajstić information content (AvgIpc) is 2.49. The van der Waals surface area contributed by atoms with Crippen LogP contribution in [0.4, 0.5) is 4.39 Å². The Morgan fingerprint density at radius 2 is 2.25 bits per heavy atom. The maximum absolute atomic E-state index is 13.5. The number of carbonyl (C=O) groups excluding carboxylic acids is 1. The molecule has 0 N–H and O–H groups in total. The molecule has 3 nitrogen and oxygen atoms in total. The molecule has 0 aromatic heterocycles. The van der Waals surface area contributed by atoms with Gasteiger partial charge < -0.3 is 4.74 Å². The van der Waals surface area contributed by atoms with Crippen molar-refractivity contribution < 1.29 is 13.9 Å². The Kier molecular flexibility index (Phi) is 5.86. The van der Waals surface area contributed by atoms with E-state index in [4.69, 9.17) is 4.74 Å². The molecule has 0 aliphatic carbocycles. The van der Waals surface area contributed by atoms with Crippen LogP contribution in [0.25, 0.3) is 0 Å². The minimum atomic E-state index is -0.180. The standard InChI is InChI=1S/C15H20FNO2S/c1-19-15(18)13-7-4-5-9-17(13)10-11-20-14-8-3-2-6-12(14)16/h2-3,6,8,13H,4-5,7,9-11H2,1H3/t13-/m1/s1. The van der Waals surface area contributed by atoms with E-state index in [1.165, 1.54) is 24.9 Å². The van der Waals surface area contributed by atoms with Crippen LogP contribution in [0.2, 0.25) is 0 Å². The van der Waals surface area contributed by atoms with Crippen molar-refractivity contribution in [2.75, 3.05) is 26.0 Å². The lowest BCUT2D eigenvalue weighted by Gasteiger charge is -2.33. The van der Waals surface area contributed by atoms with E-state index < -0.39 is 0 Å². The van der Waals surface area contributed by atoms with Gasteiger partial charge in [-0.15, -0.1) is 11.8 Å². The molecule has 0 unspecified atom stereocenters. The highest BCUT2D eigenvalue weighted by Crippen LogP contribution is 2.23. The number of likely N-dealkylation sites (tertiary alicyclic amines) is 1. The monoisotopic (exact) mass is 297 g/mol. The summed E-state index contributed by atoms with van der Waals surface area (Å²) < 4.78 is 18.4. The topological polar surface area (TPSA) is 29.5 Å². The fourth-order valence-electron chi connectivity index (χ4n) is 2.50. The summed E-state index contributed by atoms with van der Waals surface area (Å²) in [5.41, 5.74) is 0. The Labute approximate surface area is 123 Å². The van der Waals surface area contributed by atoms with Gasteiger partial charge in [-0.3, -0.25) is 9.69 Å². The molecule has 1 atom stereocenters. The summed E-state index contributed by atoms with van der Waals surface area (Å²) in [5, 5.41) is 0. The molecule has 0 saturated carbocycles. The van der Waals surface area contributed by atoms with Crippen molar-refractivity contribution in [1.82, 2.24) is 4.90 Å². The average molecular weight is 297 g/mol. The lowest BCUT2D eigenvalue weighted by atomic mass is 10.0. The summed E-state index contributed by atoms with van der Waals surface area (Å²) in [6.45, 7) is 1.69. The van der Waals surface area contributed by atoms with Gasteiger partial charge in [-0.1, -0.05) is 18.6 Å². The van der Waals surface area contributed by atoms with Crippen LogP contribution in [0.3, 0.4) is 0 Å². The zero-order chi connectivity index (χ0) is 14.4. The highest BCUT2D eigenvalue weighted by Gasteiger charge is 2.28. The molecule has 0 amide bonds. The van der Waals surface area contributed by atoms with E-state index in [0.717, 1.165) is 38.1 Å². The van der Waals surface area contributed by atoms with Gasteiger partial charge >= 0.3 is 5.97 Å². The number of methoxy groups -OCH3 is 1. The van der Waals surface area contributed by atoms with Gasteiger partial charge in [0.15, 0.2) is 0 Å². The molecule has 1 saturated heterocycles. The minimum Gasteiger partial charge on any atom is -0.468 e. The van der Waals surface area contributed by atoms with E-state index in [1.807, 2.05) is 6.07 Å². The third-order valence-electron chi connectivity index (χ3n) is 3.56. The SMILES string of the molecule is COC(=O)[C@H]1CCCCN1CCSc1ccccc1F. The van der Waals surface area contributed by atoms with Crippen molar-refractivity contribution in [2.24, 2.45) is 0 Å². The molecule has 0 radical (unpaired) electrons. The third kappa shape index (κ3) is 3.96. The second kappa shape index (κ2) is 7.64. The lowest BCUT2D eigenvalue weighted by molar-refractivity contribution is -0.148. The van der Waals surface area contributed by atoms with Gasteiger partial charge in [0.1, 0.15) is 11.9 Å². The highest BCUT2D eigenvalue weighted by atomic mass is 32.2. The summed E-state index contributed by atoms with van der Waals surface area (Å²) in [6, 6.07) is 6.66. The number of esters is 1. The molecule has 1 aliphatic heterocycles. The molecule has 1 aromatic rings. The van der Waals surface area contributed by atoms with Gasteiger partial charge in [0, 0.05) is 17.2 Å². The number of hydrogen-bond donors (Lipinski definition) is 0. The zero-order valence-electron chi connectivity index (χ0n) is 11.7. The maximum atomic E-state index is 13.5. The molecule has 0 spiro atoms. The van der Waals surface area contributed by atoms with Gasteiger partial charge in [-0.2, -0.15) is 0 Å². The van der Waals surface area contributed by atoms with E-state index in [-0.39, 0.29) is 17.8 Å². The Hall–Kier alpha value is -1.07. The van der Waals surface area contributed by atoms with Crippen LogP contribution in [0, 0.1) is 5.82 Å². The van der Waals surface area contributed by atoms with Crippen LogP contribution in [0.5, 0.6) is 0 Å². The van der Waals surface area contributed by atoms with Crippen molar-refractivity contribution in [3.05, 3.63) is 30.1 Å². The van der Waals surface area contributed by atoms with Gasteiger partial charge in [0.2, 0.25) is 0 Å². The molecule has 1 aliphatic rings. The summed E-state index contributed by atoms with van der Waals surface area (Å²) in [5.74, 6) is 0.440. The molecule has 5 heteroatoms. The first-order chi connectivity index (χ1) is 9.72. The number of carbonyl (C=O) groups is 1. The maximum Gasteiger partial charge on any atom is 0.323 e. The number of nitrogens with zero attached hydrogens (tertiary/aromatic N) is 1. The van der Waals surface area contributed by atoms with E-state index in [2.05, 4.69) is 4.90 Å². The fourth-order valence-corrected chi connectivity index (χ4v) is 3.42. The largest absolute Gasteiger partial charge is 0.468 e. The van der Waals surface area contributed by atoms with E-state index in [1.54, 1.807) is 12.1 Å². The van der Waals surface area contributed by atoms with Crippen LogP contribution in [-0.4, -0.2) is 42.9 Å². The number of piperidine rings is 1. The van der Waals surface area contributed by atoms with Crippen LogP contribution >= 0.6 is 11.8 Å². The Balaban J connectivity index is 1.85. The minimum absolute atomic E-state index is 0.130. The van der Waals surface area contributed by atoms with Crippen molar-refractivity contribution >= 4 is 17.7 Å². The first kappa shape index (κ1) is 15.3. The van der Waals surface area contributed by atoms with Gasteiger partial charge in [-0.25, -0.2) is 4.39 Å². The predicted octanol–water partition coefficient (Wildman–Crippen LogP) is 2.95. The third-order valence-corrected chi connectivity index (χ3v) is 4.59. The Morgan fingerprint density at radius 3 is 3.00 bits per heavy atom. The Bertz CT molecular complexity index is 455. The smallest absolute Gasteiger partial charge is 0.323 e. The molecular formula is C15H20FNO2S. The van der Waals surface area contributed by atoms with Crippen LogP contribution < -0.4 is 0 Å². The zero-order valence-corrected chi connectivity index (χ0v) is 12.5. The van der Waals surface area contributed by atoms with E-state index in [9.17, 15) is 9.18 Å². The molecule has 1 heterocycles. The van der Waals surface area contributed by atoms with Crippen LogP contribution in [-0.2, 0) is 9.53 Å². The van der Waals surface area contributed by atoms with E-state index >= 15 is 0 Å².